The van der Waals surface area contributed by atoms with E-state index in [1.54, 1.807) is 36.4 Å². The Morgan fingerprint density at radius 2 is 1.91 bits per heavy atom. The summed E-state index contributed by atoms with van der Waals surface area (Å²) in [4.78, 5) is 23.2. The number of hydrogen-bond donors (Lipinski definition) is 1. The van der Waals surface area contributed by atoms with Gasteiger partial charge in [-0.3, -0.25) is 14.9 Å². The number of carbonyl (C=O) groups excluding carboxylic acids is 1. The number of rotatable bonds is 9. The number of phenolic OH excluding ortho intramolecular Hbond substituents is 1. The fourth-order valence-electron chi connectivity index (χ4n) is 3.56. The van der Waals surface area contributed by atoms with Crippen LogP contribution in [-0.4, -0.2) is 29.2 Å². The molecule has 180 valence electrons. The molecule has 0 radical (unpaired) electrons. The van der Waals surface area contributed by atoms with Crippen molar-refractivity contribution in [1.29, 1.82) is 0 Å². The van der Waals surface area contributed by atoms with Crippen molar-refractivity contribution in [2.45, 2.75) is 20.1 Å². The van der Waals surface area contributed by atoms with Crippen LogP contribution in [0.2, 0.25) is 0 Å². The summed E-state index contributed by atoms with van der Waals surface area (Å²) < 4.78 is 22.5. The van der Waals surface area contributed by atoms with Crippen LogP contribution in [0.3, 0.4) is 0 Å². The molecule has 3 aromatic rings. The minimum absolute atomic E-state index is 0.0264. The van der Waals surface area contributed by atoms with Crippen molar-refractivity contribution in [2.75, 3.05) is 13.4 Å². The summed E-state index contributed by atoms with van der Waals surface area (Å²) in [5, 5.41) is 20.7. The quantitative estimate of drug-likeness (QED) is 0.197. The third-order valence-corrected chi connectivity index (χ3v) is 5.21. The highest BCUT2D eigenvalue weighted by Gasteiger charge is 2.21. The van der Waals surface area contributed by atoms with Gasteiger partial charge in [-0.15, -0.1) is 0 Å². The molecule has 0 atom stereocenters. The van der Waals surface area contributed by atoms with E-state index in [-0.39, 0.29) is 37.2 Å². The topological polar surface area (TPSA) is 117 Å². The molecule has 1 aliphatic rings. The van der Waals surface area contributed by atoms with E-state index >= 15 is 0 Å². The molecule has 0 unspecified atom stereocenters. The van der Waals surface area contributed by atoms with Crippen LogP contribution in [0, 0.1) is 10.1 Å². The van der Waals surface area contributed by atoms with Crippen LogP contribution in [0.1, 0.15) is 34.0 Å². The van der Waals surface area contributed by atoms with Crippen molar-refractivity contribution in [3.05, 3.63) is 93.0 Å². The molecule has 1 N–H and O–H groups in total. The van der Waals surface area contributed by atoms with Crippen molar-refractivity contribution >= 4 is 17.5 Å². The lowest BCUT2D eigenvalue weighted by Gasteiger charge is -2.21. The molecule has 0 fully saturated rings. The first-order chi connectivity index (χ1) is 16.9. The van der Waals surface area contributed by atoms with Gasteiger partial charge in [-0.25, -0.2) is 0 Å². The van der Waals surface area contributed by atoms with E-state index in [1.165, 1.54) is 30.3 Å². The Morgan fingerprint density at radius 1 is 1.11 bits per heavy atom. The fourth-order valence-corrected chi connectivity index (χ4v) is 3.56. The van der Waals surface area contributed by atoms with Gasteiger partial charge in [0.25, 0.3) is 5.69 Å². The first kappa shape index (κ1) is 23.8. The lowest BCUT2D eigenvalue weighted by atomic mass is 10.1. The monoisotopic (exact) mass is 477 g/mol. The van der Waals surface area contributed by atoms with Crippen molar-refractivity contribution in [1.82, 2.24) is 0 Å². The maximum atomic E-state index is 12.4. The average Bonchev–Trinajstić information content (AvgIpc) is 2.87. The third kappa shape index (κ3) is 5.77. The second kappa shape index (κ2) is 10.7. The molecular weight excluding hydrogens is 454 g/mol. The number of nitro groups is 1. The molecule has 1 heterocycles. The second-order valence-corrected chi connectivity index (χ2v) is 7.63. The van der Waals surface area contributed by atoms with E-state index in [2.05, 4.69) is 0 Å². The van der Waals surface area contributed by atoms with Gasteiger partial charge < -0.3 is 24.1 Å². The van der Waals surface area contributed by atoms with Crippen LogP contribution < -0.4 is 14.2 Å². The zero-order chi connectivity index (χ0) is 24.8. The summed E-state index contributed by atoms with van der Waals surface area (Å²) >= 11 is 0. The van der Waals surface area contributed by atoms with Gasteiger partial charge in [-0.1, -0.05) is 12.1 Å². The van der Waals surface area contributed by atoms with Crippen molar-refractivity contribution < 1.29 is 33.8 Å². The predicted octanol–water partition coefficient (Wildman–Crippen LogP) is 5.04. The Hall–Kier alpha value is -4.37. The molecule has 4 rings (SSSR count). The summed E-state index contributed by atoms with van der Waals surface area (Å²) in [6.07, 6.45) is 3.10. The van der Waals surface area contributed by atoms with Gasteiger partial charge in [0, 0.05) is 28.8 Å². The molecule has 9 heteroatoms. The average molecular weight is 477 g/mol. The molecule has 0 aliphatic carbocycles. The molecule has 35 heavy (non-hydrogen) atoms. The summed E-state index contributed by atoms with van der Waals surface area (Å²) in [5.41, 5.74) is 2.23. The van der Waals surface area contributed by atoms with Crippen LogP contribution in [0.15, 0.2) is 60.7 Å². The summed E-state index contributed by atoms with van der Waals surface area (Å²) in [6.45, 7) is 2.54. The Bertz CT molecular complexity index is 1270. The van der Waals surface area contributed by atoms with Crippen LogP contribution >= 0.6 is 0 Å². The number of nitro benzene ring substituents is 1. The lowest BCUT2D eigenvalue weighted by molar-refractivity contribution is -0.385. The molecular formula is C26H23NO8. The number of carbonyl (C=O) groups is 1. The number of nitrogens with zero attached hydrogens (tertiary/aromatic N) is 1. The molecule has 0 saturated heterocycles. The highest BCUT2D eigenvalue weighted by molar-refractivity contribution is 6.06. The molecule has 1 aliphatic heterocycles. The number of hydrogen-bond acceptors (Lipinski definition) is 8. The maximum absolute atomic E-state index is 12.4. The number of ketones is 1. The van der Waals surface area contributed by atoms with Gasteiger partial charge in [0.05, 0.1) is 18.1 Å². The van der Waals surface area contributed by atoms with Gasteiger partial charge in [0.15, 0.2) is 24.1 Å². The summed E-state index contributed by atoms with van der Waals surface area (Å²) in [6, 6.07) is 14.1. The van der Waals surface area contributed by atoms with Gasteiger partial charge in [0.2, 0.25) is 0 Å². The first-order valence-electron chi connectivity index (χ1n) is 10.9. The maximum Gasteiger partial charge on any atom is 0.270 e. The number of aromatic hydroxyl groups is 1. The van der Waals surface area contributed by atoms with Crippen LogP contribution in [0.25, 0.3) is 6.08 Å². The van der Waals surface area contributed by atoms with Crippen LogP contribution in [-0.2, 0) is 18.0 Å². The molecule has 0 saturated carbocycles. The second-order valence-electron chi connectivity index (χ2n) is 7.63. The molecule has 9 nitrogen and oxygen atoms in total. The molecule has 0 spiro atoms. The highest BCUT2D eigenvalue weighted by Crippen LogP contribution is 2.35. The van der Waals surface area contributed by atoms with E-state index in [4.69, 9.17) is 18.9 Å². The number of phenols is 1. The van der Waals surface area contributed by atoms with Gasteiger partial charge >= 0.3 is 0 Å². The van der Waals surface area contributed by atoms with E-state index < -0.39 is 4.92 Å². The fraction of sp³-hybridized carbons (Fsp3) is 0.192. The standard InChI is InChI=1S/C26H23NO8/c1-2-33-25-11-17(3-9-23(29)18-5-7-22(28)8-6-18)4-10-24(25)34-15-20-13-21(27(30)31)12-19-14-32-16-35-26(19)20/h3-13,28H,2,14-16H2,1H3/b9-3+. The zero-order valence-electron chi connectivity index (χ0n) is 18.9. The third-order valence-electron chi connectivity index (χ3n) is 5.21. The first-order valence-corrected chi connectivity index (χ1v) is 10.9. The molecule has 0 bridgehead atoms. The van der Waals surface area contributed by atoms with Crippen molar-refractivity contribution in [2.24, 2.45) is 0 Å². The molecule has 0 aromatic heterocycles. The van der Waals surface area contributed by atoms with Gasteiger partial charge in [0.1, 0.15) is 18.1 Å². The Labute approximate surface area is 201 Å². The van der Waals surface area contributed by atoms with Crippen molar-refractivity contribution in [3.63, 3.8) is 0 Å². The highest BCUT2D eigenvalue weighted by atomic mass is 16.7. The SMILES string of the molecule is CCOc1cc(/C=C/C(=O)c2ccc(O)cc2)ccc1OCc1cc([N+](=O)[O-])cc2c1OCOC2. The molecule has 3 aromatic carbocycles. The summed E-state index contributed by atoms with van der Waals surface area (Å²) in [5.74, 6) is 1.32. The zero-order valence-corrected chi connectivity index (χ0v) is 18.9. The van der Waals surface area contributed by atoms with E-state index in [0.717, 1.165) is 5.56 Å². The minimum atomic E-state index is -0.468. The largest absolute Gasteiger partial charge is 0.508 e. The lowest BCUT2D eigenvalue weighted by Crippen LogP contribution is -2.14. The Morgan fingerprint density at radius 3 is 2.66 bits per heavy atom. The number of allylic oxidation sites excluding steroid dienone is 1. The Kier molecular flexibility index (Phi) is 7.27. The van der Waals surface area contributed by atoms with E-state index in [9.17, 15) is 20.0 Å². The van der Waals surface area contributed by atoms with E-state index in [0.29, 0.717) is 40.5 Å². The van der Waals surface area contributed by atoms with Crippen LogP contribution in [0.5, 0.6) is 23.0 Å². The molecule has 0 amide bonds. The predicted molar refractivity (Wildman–Crippen MR) is 127 cm³/mol. The number of benzene rings is 3. The minimum Gasteiger partial charge on any atom is -0.508 e. The van der Waals surface area contributed by atoms with Crippen LogP contribution in [0.4, 0.5) is 5.69 Å². The smallest absolute Gasteiger partial charge is 0.270 e. The summed E-state index contributed by atoms with van der Waals surface area (Å²) in [7, 11) is 0. The normalized spacial score (nSPS) is 12.6. The number of ether oxygens (including phenoxy) is 4. The Balaban J connectivity index is 1.53. The van der Waals surface area contributed by atoms with Crippen molar-refractivity contribution in [3.8, 4) is 23.0 Å². The number of non-ortho nitro benzene ring substituents is 1. The van der Waals surface area contributed by atoms with E-state index in [1.807, 2.05) is 6.92 Å². The van der Waals surface area contributed by atoms with Gasteiger partial charge in [-0.2, -0.15) is 0 Å². The number of fused-ring (bicyclic) bond motifs is 1. The van der Waals surface area contributed by atoms with Gasteiger partial charge in [-0.05, 0) is 55.0 Å².